The molecule has 2 rings (SSSR count). The lowest BCUT2D eigenvalue weighted by atomic mass is 10.1. The number of ether oxygens (including phenoxy) is 1. The number of nitrogens with zero attached hydrogens (tertiary/aromatic N) is 2. The van der Waals surface area contributed by atoms with Crippen LogP contribution in [0.2, 0.25) is 0 Å². The molecule has 0 aliphatic carbocycles. The first kappa shape index (κ1) is 10.2. The third-order valence-electron chi connectivity index (χ3n) is 2.71. The van der Waals surface area contributed by atoms with Crippen molar-refractivity contribution in [1.29, 1.82) is 0 Å². The topological polar surface area (TPSA) is 56.2 Å². The number of carbonyl (C=O) groups excluding carboxylic acids is 1. The van der Waals surface area contributed by atoms with E-state index in [4.69, 9.17) is 4.74 Å². The number of nitrogens with one attached hydrogen (secondary N) is 1. The van der Waals surface area contributed by atoms with Gasteiger partial charge in [0.1, 0.15) is 0 Å². The van der Waals surface area contributed by atoms with Crippen LogP contribution in [0.25, 0.3) is 0 Å². The molecule has 2 heterocycles. The Morgan fingerprint density at radius 1 is 1.53 bits per heavy atom. The standard InChI is InChI=1S/C10H15N3O2/c1-6-9(7(2)13(3)12-6)10(14)11-8-4-15-5-8/h8H,4-5H2,1-3H3,(H,11,14). The monoisotopic (exact) mass is 209 g/mol. The van der Waals surface area contributed by atoms with E-state index in [1.54, 1.807) is 4.68 Å². The number of rotatable bonds is 2. The second-order valence-corrected chi connectivity index (χ2v) is 3.88. The molecule has 15 heavy (non-hydrogen) atoms. The van der Waals surface area contributed by atoms with E-state index in [1.165, 1.54) is 0 Å². The molecule has 82 valence electrons. The zero-order valence-electron chi connectivity index (χ0n) is 9.20. The van der Waals surface area contributed by atoms with Crippen molar-refractivity contribution in [2.45, 2.75) is 19.9 Å². The van der Waals surface area contributed by atoms with Gasteiger partial charge in [0, 0.05) is 12.7 Å². The predicted octanol–water partition coefficient (Wildman–Crippen LogP) is 0.166. The van der Waals surface area contributed by atoms with E-state index in [9.17, 15) is 4.79 Å². The minimum atomic E-state index is -0.0496. The maximum Gasteiger partial charge on any atom is 0.255 e. The highest BCUT2D eigenvalue weighted by Crippen LogP contribution is 2.12. The smallest absolute Gasteiger partial charge is 0.255 e. The molecule has 0 aromatic carbocycles. The molecule has 0 radical (unpaired) electrons. The Hall–Kier alpha value is -1.36. The number of aryl methyl sites for hydroxylation is 2. The third kappa shape index (κ3) is 1.74. The maximum absolute atomic E-state index is 11.9. The maximum atomic E-state index is 11.9. The Kier molecular flexibility index (Phi) is 2.48. The van der Waals surface area contributed by atoms with E-state index in [0.29, 0.717) is 18.8 Å². The summed E-state index contributed by atoms with van der Waals surface area (Å²) < 4.78 is 6.73. The molecule has 1 N–H and O–H groups in total. The molecule has 0 atom stereocenters. The Bertz CT molecular complexity index is 394. The number of carbonyl (C=O) groups is 1. The summed E-state index contributed by atoms with van der Waals surface area (Å²) in [5.74, 6) is -0.0496. The van der Waals surface area contributed by atoms with Gasteiger partial charge in [-0.1, -0.05) is 0 Å². The summed E-state index contributed by atoms with van der Waals surface area (Å²) in [5, 5.41) is 7.12. The Morgan fingerprint density at radius 2 is 2.20 bits per heavy atom. The first-order valence-electron chi connectivity index (χ1n) is 4.98. The predicted molar refractivity (Wildman–Crippen MR) is 54.8 cm³/mol. The summed E-state index contributed by atoms with van der Waals surface area (Å²) in [6, 6.07) is 0.163. The van der Waals surface area contributed by atoms with E-state index in [2.05, 4.69) is 10.4 Å². The van der Waals surface area contributed by atoms with Crippen LogP contribution in [0.1, 0.15) is 21.7 Å². The average Bonchev–Trinajstić information content (AvgIpc) is 2.34. The molecule has 1 saturated heterocycles. The van der Waals surface area contributed by atoms with Crippen LogP contribution in [0, 0.1) is 13.8 Å². The van der Waals surface area contributed by atoms with Gasteiger partial charge in [-0.15, -0.1) is 0 Å². The van der Waals surface area contributed by atoms with Crippen molar-refractivity contribution in [2.75, 3.05) is 13.2 Å². The second kappa shape index (κ2) is 3.66. The van der Waals surface area contributed by atoms with Crippen molar-refractivity contribution in [3.63, 3.8) is 0 Å². The molecule has 1 amide bonds. The van der Waals surface area contributed by atoms with Crippen molar-refractivity contribution < 1.29 is 9.53 Å². The lowest BCUT2D eigenvalue weighted by molar-refractivity contribution is -0.00348. The minimum Gasteiger partial charge on any atom is -0.377 e. The van der Waals surface area contributed by atoms with Gasteiger partial charge in [-0.3, -0.25) is 9.48 Å². The van der Waals surface area contributed by atoms with Gasteiger partial charge in [0.05, 0.1) is 30.5 Å². The molecule has 0 bridgehead atoms. The number of amides is 1. The van der Waals surface area contributed by atoms with Crippen LogP contribution in [0.5, 0.6) is 0 Å². The summed E-state index contributed by atoms with van der Waals surface area (Å²) in [6.07, 6.45) is 0. The van der Waals surface area contributed by atoms with Crippen molar-refractivity contribution in [3.8, 4) is 0 Å². The van der Waals surface area contributed by atoms with Crippen LogP contribution in [-0.2, 0) is 11.8 Å². The van der Waals surface area contributed by atoms with Crippen LogP contribution >= 0.6 is 0 Å². The average molecular weight is 209 g/mol. The normalized spacial score (nSPS) is 16.2. The van der Waals surface area contributed by atoms with Gasteiger partial charge in [0.15, 0.2) is 0 Å². The fourth-order valence-corrected chi connectivity index (χ4v) is 1.68. The molecular weight excluding hydrogens is 194 g/mol. The molecule has 5 nitrogen and oxygen atoms in total. The zero-order valence-corrected chi connectivity index (χ0v) is 9.20. The second-order valence-electron chi connectivity index (χ2n) is 3.88. The number of hydrogen-bond acceptors (Lipinski definition) is 3. The van der Waals surface area contributed by atoms with Gasteiger partial charge in [-0.25, -0.2) is 0 Å². The van der Waals surface area contributed by atoms with E-state index < -0.39 is 0 Å². The van der Waals surface area contributed by atoms with E-state index >= 15 is 0 Å². The van der Waals surface area contributed by atoms with Gasteiger partial charge in [0.2, 0.25) is 0 Å². The van der Waals surface area contributed by atoms with Crippen molar-refractivity contribution >= 4 is 5.91 Å². The van der Waals surface area contributed by atoms with Gasteiger partial charge < -0.3 is 10.1 Å². The SMILES string of the molecule is Cc1nn(C)c(C)c1C(=O)NC1COC1. The quantitative estimate of drug-likeness (QED) is 0.755. The van der Waals surface area contributed by atoms with Crippen LogP contribution in [0.3, 0.4) is 0 Å². The summed E-state index contributed by atoms with van der Waals surface area (Å²) in [5.41, 5.74) is 2.35. The Morgan fingerprint density at radius 3 is 2.60 bits per heavy atom. The molecule has 1 fully saturated rings. The van der Waals surface area contributed by atoms with Gasteiger partial charge in [0.25, 0.3) is 5.91 Å². The number of aromatic nitrogens is 2. The molecule has 0 unspecified atom stereocenters. The minimum absolute atomic E-state index is 0.0496. The lowest BCUT2D eigenvalue weighted by Gasteiger charge is -2.26. The Balaban J connectivity index is 2.16. The third-order valence-corrected chi connectivity index (χ3v) is 2.71. The van der Waals surface area contributed by atoms with E-state index in [1.807, 2.05) is 20.9 Å². The highest BCUT2D eigenvalue weighted by atomic mass is 16.5. The van der Waals surface area contributed by atoms with Gasteiger partial charge in [-0.2, -0.15) is 5.10 Å². The van der Waals surface area contributed by atoms with Gasteiger partial charge in [-0.05, 0) is 13.8 Å². The summed E-state index contributed by atoms with van der Waals surface area (Å²) in [7, 11) is 1.84. The van der Waals surface area contributed by atoms with Crippen molar-refractivity contribution in [2.24, 2.45) is 7.05 Å². The Labute approximate surface area is 88.4 Å². The van der Waals surface area contributed by atoms with Crippen LogP contribution in [0.15, 0.2) is 0 Å². The molecule has 1 aromatic rings. The van der Waals surface area contributed by atoms with E-state index in [-0.39, 0.29) is 11.9 Å². The molecule has 5 heteroatoms. The molecular formula is C10H15N3O2. The molecule has 0 saturated carbocycles. The number of hydrogen-bond donors (Lipinski definition) is 1. The molecule has 0 spiro atoms. The molecule has 1 aromatic heterocycles. The van der Waals surface area contributed by atoms with E-state index in [0.717, 1.165) is 11.4 Å². The lowest BCUT2D eigenvalue weighted by Crippen LogP contribution is -2.48. The molecule has 1 aliphatic rings. The van der Waals surface area contributed by atoms with Gasteiger partial charge >= 0.3 is 0 Å². The first-order valence-corrected chi connectivity index (χ1v) is 4.98. The summed E-state index contributed by atoms with van der Waals surface area (Å²) in [4.78, 5) is 11.9. The fourth-order valence-electron chi connectivity index (χ4n) is 1.68. The fraction of sp³-hybridized carbons (Fsp3) is 0.600. The largest absolute Gasteiger partial charge is 0.377 e. The van der Waals surface area contributed by atoms with Crippen LogP contribution < -0.4 is 5.32 Å². The van der Waals surface area contributed by atoms with Crippen LogP contribution in [-0.4, -0.2) is 34.9 Å². The summed E-state index contributed by atoms with van der Waals surface area (Å²) >= 11 is 0. The summed E-state index contributed by atoms with van der Waals surface area (Å²) in [6.45, 7) is 4.97. The molecule has 1 aliphatic heterocycles. The van der Waals surface area contributed by atoms with Crippen LogP contribution in [0.4, 0.5) is 0 Å². The van der Waals surface area contributed by atoms with Crippen molar-refractivity contribution in [3.05, 3.63) is 17.0 Å². The van der Waals surface area contributed by atoms with Crippen molar-refractivity contribution in [1.82, 2.24) is 15.1 Å². The first-order chi connectivity index (χ1) is 7.09. The highest BCUT2D eigenvalue weighted by molar-refractivity contribution is 5.96. The highest BCUT2D eigenvalue weighted by Gasteiger charge is 2.24. The zero-order chi connectivity index (χ0) is 11.0.